The summed E-state index contributed by atoms with van der Waals surface area (Å²) in [4.78, 5) is 18.3. The van der Waals surface area contributed by atoms with Gasteiger partial charge in [-0.3, -0.25) is 9.78 Å². The van der Waals surface area contributed by atoms with E-state index in [9.17, 15) is 4.79 Å². The first kappa shape index (κ1) is 12.2. The number of pyridine rings is 1. The number of aromatic nitrogens is 1. The third-order valence-corrected chi connectivity index (χ3v) is 4.35. The van der Waals surface area contributed by atoms with Gasteiger partial charge in [0.05, 0.1) is 4.91 Å². The molecule has 0 amide bonds. The molecule has 0 spiro atoms. The van der Waals surface area contributed by atoms with Crippen LogP contribution < -0.4 is 0 Å². The van der Waals surface area contributed by atoms with Crippen LogP contribution in [0.1, 0.15) is 28.4 Å². The van der Waals surface area contributed by atoms with E-state index in [1.165, 1.54) is 5.56 Å². The van der Waals surface area contributed by atoms with Crippen molar-refractivity contribution in [2.45, 2.75) is 18.2 Å². The number of carbonyl (C=O) groups is 1. The summed E-state index contributed by atoms with van der Waals surface area (Å²) in [5.74, 6) is 0.124. The molecule has 3 rings (SSSR count). The van der Waals surface area contributed by atoms with Crippen LogP contribution in [0.2, 0.25) is 0 Å². The third kappa shape index (κ3) is 2.22. The molecule has 1 aromatic heterocycles. The maximum Gasteiger partial charge on any atom is 0.200 e. The molecule has 1 aliphatic rings. The van der Waals surface area contributed by atoms with Crippen molar-refractivity contribution >= 4 is 23.6 Å². The number of benzene rings is 1. The minimum atomic E-state index is 0.124. The van der Waals surface area contributed by atoms with E-state index in [1.54, 1.807) is 24.2 Å². The highest BCUT2D eigenvalue weighted by Crippen LogP contribution is 2.42. The Balaban J connectivity index is 2.02. The van der Waals surface area contributed by atoms with E-state index in [4.69, 9.17) is 0 Å². The van der Waals surface area contributed by atoms with E-state index < -0.39 is 0 Å². The highest BCUT2D eigenvalue weighted by molar-refractivity contribution is 8.05. The average Bonchev–Trinajstić information content (AvgIpc) is 2.77. The summed E-state index contributed by atoms with van der Waals surface area (Å²) >= 11 is 1.57. The van der Waals surface area contributed by atoms with Crippen LogP contribution in [0.15, 0.2) is 52.5 Å². The first-order valence-electron chi connectivity index (χ1n) is 6.25. The molecule has 2 heterocycles. The van der Waals surface area contributed by atoms with E-state index in [0.29, 0.717) is 0 Å². The van der Waals surface area contributed by atoms with Crippen molar-refractivity contribution < 1.29 is 4.79 Å². The summed E-state index contributed by atoms with van der Waals surface area (Å²) in [7, 11) is 0. The van der Waals surface area contributed by atoms with Crippen molar-refractivity contribution in [3.8, 4) is 0 Å². The lowest BCUT2D eigenvalue weighted by atomic mass is 10.0. The fourth-order valence-corrected chi connectivity index (χ4v) is 3.39. The average molecular weight is 267 g/mol. The zero-order valence-electron chi connectivity index (χ0n) is 10.6. The molecule has 0 saturated heterocycles. The number of carbonyl (C=O) groups excluding carboxylic acids is 1. The van der Waals surface area contributed by atoms with Gasteiger partial charge in [0.15, 0.2) is 0 Å². The fourth-order valence-electron chi connectivity index (χ4n) is 2.16. The van der Waals surface area contributed by atoms with Gasteiger partial charge in [-0.1, -0.05) is 36.9 Å². The Labute approximate surface area is 116 Å². The standard InChI is InChI=1S/C16H13NOS/c1-2-12-6-3-7-13-15(18)14(19-16(12)13)9-11-5-4-8-17-10-11/h3-10H,2H2,1H3/b14-9-. The number of ketones is 1. The number of thioether (sulfide) groups is 1. The lowest BCUT2D eigenvalue weighted by Crippen LogP contribution is -1.95. The van der Waals surface area contributed by atoms with Crippen molar-refractivity contribution in [3.63, 3.8) is 0 Å². The van der Waals surface area contributed by atoms with Crippen LogP contribution in [0.4, 0.5) is 0 Å². The predicted molar refractivity (Wildman–Crippen MR) is 78.2 cm³/mol. The van der Waals surface area contributed by atoms with Gasteiger partial charge in [0.1, 0.15) is 0 Å². The molecule has 0 atom stereocenters. The molecule has 0 fully saturated rings. The molecule has 0 saturated carbocycles. The number of aryl methyl sites for hydroxylation is 1. The lowest BCUT2D eigenvalue weighted by molar-refractivity contribution is 0.104. The molecular formula is C16H13NOS. The molecule has 1 aromatic carbocycles. The van der Waals surface area contributed by atoms with Gasteiger partial charge in [0.25, 0.3) is 0 Å². The molecule has 19 heavy (non-hydrogen) atoms. The summed E-state index contributed by atoms with van der Waals surface area (Å²) < 4.78 is 0. The van der Waals surface area contributed by atoms with E-state index in [2.05, 4.69) is 18.0 Å². The van der Waals surface area contributed by atoms with Crippen molar-refractivity contribution in [2.75, 3.05) is 0 Å². The van der Waals surface area contributed by atoms with E-state index >= 15 is 0 Å². The maximum absolute atomic E-state index is 12.4. The van der Waals surface area contributed by atoms with Crippen LogP contribution >= 0.6 is 11.8 Å². The molecule has 1 aliphatic heterocycles. The molecule has 94 valence electrons. The zero-order chi connectivity index (χ0) is 13.2. The Morgan fingerprint density at radius 3 is 2.89 bits per heavy atom. The fraction of sp³-hybridized carbons (Fsp3) is 0.125. The second kappa shape index (κ2) is 5.02. The summed E-state index contributed by atoms with van der Waals surface area (Å²) in [5.41, 5.74) is 3.04. The highest BCUT2D eigenvalue weighted by Gasteiger charge is 2.27. The Kier molecular flexibility index (Phi) is 3.22. The molecule has 3 heteroatoms. The molecule has 2 nitrogen and oxygen atoms in total. The minimum absolute atomic E-state index is 0.124. The van der Waals surface area contributed by atoms with Gasteiger partial charge >= 0.3 is 0 Å². The summed E-state index contributed by atoms with van der Waals surface area (Å²) in [6.07, 6.45) is 6.36. The Hall–Kier alpha value is -1.87. The molecule has 0 unspecified atom stereocenters. The number of Topliss-reactive ketones (excluding diaryl/α,β-unsaturated/α-hetero) is 1. The Bertz CT molecular complexity index is 662. The second-order valence-corrected chi connectivity index (χ2v) is 5.43. The first-order chi connectivity index (χ1) is 9.29. The van der Waals surface area contributed by atoms with E-state index in [0.717, 1.165) is 27.3 Å². The Morgan fingerprint density at radius 1 is 1.26 bits per heavy atom. The summed E-state index contributed by atoms with van der Waals surface area (Å²) in [6, 6.07) is 9.79. The van der Waals surface area contributed by atoms with Gasteiger partial charge in [-0.05, 0) is 35.8 Å². The van der Waals surface area contributed by atoms with Gasteiger partial charge in [-0.25, -0.2) is 0 Å². The molecule has 0 radical (unpaired) electrons. The number of nitrogens with zero attached hydrogens (tertiary/aromatic N) is 1. The third-order valence-electron chi connectivity index (χ3n) is 3.14. The largest absolute Gasteiger partial charge is 0.288 e. The molecule has 0 N–H and O–H groups in total. The molecular weight excluding hydrogens is 254 g/mol. The van der Waals surface area contributed by atoms with Crippen LogP contribution in [0.5, 0.6) is 0 Å². The minimum Gasteiger partial charge on any atom is -0.288 e. The Morgan fingerprint density at radius 2 is 2.16 bits per heavy atom. The van der Waals surface area contributed by atoms with E-state index in [-0.39, 0.29) is 5.78 Å². The number of allylic oxidation sites excluding steroid dienone is 1. The highest BCUT2D eigenvalue weighted by atomic mass is 32.2. The lowest BCUT2D eigenvalue weighted by Gasteiger charge is -2.02. The molecule has 2 aromatic rings. The number of hydrogen-bond donors (Lipinski definition) is 0. The van der Waals surface area contributed by atoms with Crippen LogP contribution in [-0.4, -0.2) is 10.8 Å². The van der Waals surface area contributed by atoms with Crippen molar-refractivity contribution in [2.24, 2.45) is 0 Å². The number of hydrogen-bond acceptors (Lipinski definition) is 3. The second-order valence-electron chi connectivity index (χ2n) is 4.37. The van der Waals surface area contributed by atoms with Crippen molar-refractivity contribution in [1.82, 2.24) is 4.98 Å². The van der Waals surface area contributed by atoms with E-state index in [1.807, 2.05) is 30.3 Å². The van der Waals surface area contributed by atoms with Gasteiger partial charge in [0, 0.05) is 22.9 Å². The summed E-state index contributed by atoms with van der Waals surface area (Å²) in [6.45, 7) is 2.11. The van der Waals surface area contributed by atoms with Crippen molar-refractivity contribution in [1.29, 1.82) is 0 Å². The summed E-state index contributed by atoms with van der Waals surface area (Å²) in [5, 5.41) is 0. The van der Waals surface area contributed by atoms with Crippen LogP contribution in [-0.2, 0) is 6.42 Å². The smallest absolute Gasteiger partial charge is 0.200 e. The van der Waals surface area contributed by atoms with Gasteiger partial charge < -0.3 is 0 Å². The SMILES string of the molecule is CCc1cccc2c1S/C(=C\c1cccnc1)C2=O. The predicted octanol–water partition coefficient (Wildman–Crippen LogP) is 3.97. The number of rotatable bonds is 2. The van der Waals surface area contributed by atoms with Crippen LogP contribution in [0, 0.1) is 0 Å². The normalized spacial score (nSPS) is 15.8. The number of fused-ring (bicyclic) bond motifs is 1. The first-order valence-corrected chi connectivity index (χ1v) is 7.07. The quantitative estimate of drug-likeness (QED) is 0.771. The maximum atomic E-state index is 12.4. The van der Waals surface area contributed by atoms with Gasteiger partial charge in [0.2, 0.25) is 5.78 Å². The van der Waals surface area contributed by atoms with Crippen molar-refractivity contribution in [3.05, 3.63) is 64.3 Å². The van der Waals surface area contributed by atoms with Crippen LogP contribution in [0.3, 0.4) is 0 Å². The van der Waals surface area contributed by atoms with Gasteiger partial charge in [-0.2, -0.15) is 0 Å². The van der Waals surface area contributed by atoms with Crippen LogP contribution in [0.25, 0.3) is 6.08 Å². The zero-order valence-corrected chi connectivity index (χ0v) is 11.4. The monoisotopic (exact) mass is 267 g/mol. The topological polar surface area (TPSA) is 30.0 Å². The molecule has 0 bridgehead atoms. The molecule has 0 aliphatic carbocycles. The van der Waals surface area contributed by atoms with Gasteiger partial charge in [-0.15, -0.1) is 0 Å².